The van der Waals surface area contributed by atoms with Crippen LogP contribution in [0.5, 0.6) is 0 Å². The first-order valence-electron chi connectivity index (χ1n) is 5.91. The number of hydrogen-bond acceptors (Lipinski definition) is 2. The SMILES string of the molecule is CCC1C(=O)NCC(=O)N1c1c(C)cccc1F. The molecule has 1 aliphatic heterocycles. The summed E-state index contributed by atoms with van der Waals surface area (Å²) in [7, 11) is 0. The first-order valence-corrected chi connectivity index (χ1v) is 5.91. The molecule has 1 N–H and O–H groups in total. The zero-order valence-corrected chi connectivity index (χ0v) is 10.4. The van der Waals surface area contributed by atoms with E-state index in [-0.39, 0.29) is 24.0 Å². The minimum Gasteiger partial charge on any atom is -0.345 e. The van der Waals surface area contributed by atoms with Crippen LogP contribution >= 0.6 is 0 Å². The summed E-state index contributed by atoms with van der Waals surface area (Å²) in [6, 6.07) is 3.98. The summed E-state index contributed by atoms with van der Waals surface area (Å²) >= 11 is 0. The van der Waals surface area contributed by atoms with E-state index in [1.54, 1.807) is 26.0 Å². The summed E-state index contributed by atoms with van der Waals surface area (Å²) in [6.45, 7) is 3.44. The van der Waals surface area contributed by atoms with Crippen molar-refractivity contribution in [3.05, 3.63) is 29.6 Å². The molecule has 96 valence electrons. The van der Waals surface area contributed by atoms with Gasteiger partial charge in [0.05, 0.1) is 12.2 Å². The summed E-state index contributed by atoms with van der Waals surface area (Å²) in [5.41, 5.74) is 0.862. The second-order valence-corrected chi connectivity index (χ2v) is 4.31. The van der Waals surface area contributed by atoms with Crippen molar-refractivity contribution < 1.29 is 14.0 Å². The van der Waals surface area contributed by atoms with Crippen LogP contribution in [0.2, 0.25) is 0 Å². The second-order valence-electron chi connectivity index (χ2n) is 4.31. The van der Waals surface area contributed by atoms with Crippen LogP contribution in [0.4, 0.5) is 10.1 Å². The number of halogens is 1. The van der Waals surface area contributed by atoms with E-state index in [9.17, 15) is 14.0 Å². The molecular formula is C13H15FN2O2. The third-order valence-corrected chi connectivity index (χ3v) is 3.11. The molecule has 0 spiro atoms. The maximum absolute atomic E-state index is 13.9. The van der Waals surface area contributed by atoms with Crippen molar-refractivity contribution in [2.24, 2.45) is 0 Å². The average molecular weight is 250 g/mol. The second kappa shape index (κ2) is 4.76. The van der Waals surface area contributed by atoms with Gasteiger partial charge in [-0.2, -0.15) is 0 Å². The number of benzene rings is 1. The first-order chi connectivity index (χ1) is 8.56. The summed E-state index contributed by atoms with van der Waals surface area (Å²) in [5.74, 6) is -0.995. The van der Waals surface area contributed by atoms with Gasteiger partial charge >= 0.3 is 0 Å². The Hall–Kier alpha value is -1.91. The number of piperazine rings is 1. The Morgan fingerprint density at radius 3 is 2.78 bits per heavy atom. The molecule has 1 aromatic rings. The van der Waals surface area contributed by atoms with Crippen LogP contribution in [0.25, 0.3) is 0 Å². The fourth-order valence-corrected chi connectivity index (χ4v) is 2.23. The predicted molar refractivity (Wildman–Crippen MR) is 65.7 cm³/mol. The number of hydrogen-bond donors (Lipinski definition) is 1. The fourth-order valence-electron chi connectivity index (χ4n) is 2.23. The van der Waals surface area contributed by atoms with Gasteiger partial charge in [-0.25, -0.2) is 4.39 Å². The highest BCUT2D eigenvalue weighted by Gasteiger charge is 2.36. The van der Waals surface area contributed by atoms with Gasteiger partial charge < -0.3 is 5.32 Å². The number of carbonyl (C=O) groups excluding carboxylic acids is 2. The van der Waals surface area contributed by atoms with E-state index >= 15 is 0 Å². The van der Waals surface area contributed by atoms with Crippen LogP contribution < -0.4 is 10.2 Å². The Morgan fingerprint density at radius 1 is 1.44 bits per heavy atom. The molecule has 18 heavy (non-hydrogen) atoms. The Kier molecular flexibility index (Phi) is 3.32. The lowest BCUT2D eigenvalue weighted by atomic mass is 10.1. The van der Waals surface area contributed by atoms with Gasteiger partial charge in [-0.1, -0.05) is 19.1 Å². The van der Waals surface area contributed by atoms with Crippen LogP contribution in [0.15, 0.2) is 18.2 Å². The number of amides is 2. The Labute approximate surface area is 105 Å². The molecule has 1 unspecified atom stereocenters. The number of rotatable bonds is 2. The molecule has 0 bridgehead atoms. The Bertz CT molecular complexity index is 482. The van der Waals surface area contributed by atoms with E-state index < -0.39 is 11.9 Å². The quantitative estimate of drug-likeness (QED) is 0.862. The zero-order valence-electron chi connectivity index (χ0n) is 10.4. The van der Waals surface area contributed by atoms with E-state index in [0.29, 0.717) is 12.0 Å². The minimum atomic E-state index is -0.637. The van der Waals surface area contributed by atoms with Crippen LogP contribution in [-0.4, -0.2) is 24.4 Å². The number of nitrogens with one attached hydrogen (secondary N) is 1. The maximum Gasteiger partial charge on any atom is 0.247 e. The van der Waals surface area contributed by atoms with Gasteiger partial charge in [0.1, 0.15) is 11.9 Å². The molecule has 5 heteroatoms. The Balaban J connectivity index is 2.51. The molecule has 1 atom stereocenters. The number of nitrogens with zero attached hydrogens (tertiary/aromatic N) is 1. The van der Waals surface area contributed by atoms with E-state index in [4.69, 9.17) is 0 Å². The van der Waals surface area contributed by atoms with Crippen LogP contribution in [0.1, 0.15) is 18.9 Å². The molecule has 0 aliphatic carbocycles. The molecule has 0 saturated carbocycles. The lowest BCUT2D eigenvalue weighted by Gasteiger charge is -2.35. The van der Waals surface area contributed by atoms with Crippen molar-refractivity contribution >= 4 is 17.5 Å². The maximum atomic E-state index is 13.9. The molecule has 4 nitrogen and oxygen atoms in total. The van der Waals surface area contributed by atoms with E-state index in [0.717, 1.165) is 0 Å². The summed E-state index contributed by atoms with van der Waals surface area (Å²) in [4.78, 5) is 25.0. The summed E-state index contributed by atoms with van der Waals surface area (Å²) < 4.78 is 13.9. The highest BCUT2D eigenvalue weighted by molar-refractivity contribution is 6.06. The van der Waals surface area contributed by atoms with Crippen LogP contribution in [0, 0.1) is 12.7 Å². The number of aryl methyl sites for hydroxylation is 1. The molecule has 1 saturated heterocycles. The Morgan fingerprint density at radius 2 is 2.17 bits per heavy atom. The number of carbonyl (C=O) groups is 2. The molecule has 1 aromatic carbocycles. The van der Waals surface area contributed by atoms with Crippen molar-refractivity contribution in [2.75, 3.05) is 11.4 Å². The lowest BCUT2D eigenvalue weighted by Crippen LogP contribution is -2.58. The van der Waals surface area contributed by atoms with Crippen molar-refractivity contribution in [3.8, 4) is 0 Å². The van der Waals surface area contributed by atoms with Crippen molar-refractivity contribution in [2.45, 2.75) is 26.3 Å². The third kappa shape index (κ3) is 1.96. The van der Waals surface area contributed by atoms with Gasteiger partial charge in [-0.05, 0) is 25.0 Å². The normalized spacial score (nSPS) is 19.9. The van der Waals surface area contributed by atoms with Crippen molar-refractivity contribution in [1.82, 2.24) is 5.32 Å². The van der Waals surface area contributed by atoms with E-state index in [1.807, 2.05) is 0 Å². The molecule has 1 aliphatic rings. The van der Waals surface area contributed by atoms with Gasteiger partial charge in [0.25, 0.3) is 0 Å². The van der Waals surface area contributed by atoms with Gasteiger partial charge in [0.15, 0.2) is 0 Å². The molecular weight excluding hydrogens is 235 g/mol. The van der Waals surface area contributed by atoms with Gasteiger partial charge in [-0.15, -0.1) is 0 Å². The van der Waals surface area contributed by atoms with Crippen molar-refractivity contribution in [3.63, 3.8) is 0 Å². The van der Waals surface area contributed by atoms with E-state index in [1.165, 1.54) is 11.0 Å². The molecule has 2 rings (SSSR count). The van der Waals surface area contributed by atoms with Crippen LogP contribution in [0.3, 0.4) is 0 Å². The molecule has 1 fully saturated rings. The first kappa shape index (κ1) is 12.5. The minimum absolute atomic E-state index is 0.0803. The lowest BCUT2D eigenvalue weighted by molar-refractivity contribution is -0.131. The molecule has 1 heterocycles. The summed E-state index contributed by atoms with van der Waals surface area (Å²) in [6.07, 6.45) is 0.450. The third-order valence-electron chi connectivity index (χ3n) is 3.11. The molecule has 2 amide bonds. The topological polar surface area (TPSA) is 49.4 Å². The standard InChI is InChI=1S/C13H15FN2O2/c1-3-10-13(18)15-7-11(17)16(10)12-8(2)5-4-6-9(12)14/h4-6,10H,3,7H2,1-2H3,(H,15,18). The number of anilines is 1. The van der Waals surface area contributed by atoms with Crippen molar-refractivity contribution in [1.29, 1.82) is 0 Å². The summed E-state index contributed by atoms with van der Waals surface area (Å²) in [5, 5.41) is 2.52. The van der Waals surface area contributed by atoms with Crippen LogP contribution in [-0.2, 0) is 9.59 Å². The monoisotopic (exact) mass is 250 g/mol. The molecule has 0 aromatic heterocycles. The largest absolute Gasteiger partial charge is 0.345 e. The smallest absolute Gasteiger partial charge is 0.247 e. The van der Waals surface area contributed by atoms with Gasteiger partial charge in [-0.3, -0.25) is 14.5 Å². The number of para-hydroxylation sites is 1. The highest BCUT2D eigenvalue weighted by Crippen LogP contribution is 2.28. The average Bonchev–Trinajstić information content (AvgIpc) is 2.33. The van der Waals surface area contributed by atoms with Gasteiger partial charge in [0.2, 0.25) is 11.8 Å². The molecule has 0 radical (unpaired) electrons. The van der Waals surface area contributed by atoms with E-state index in [2.05, 4.69) is 5.32 Å². The fraction of sp³-hybridized carbons (Fsp3) is 0.385. The van der Waals surface area contributed by atoms with Gasteiger partial charge in [0, 0.05) is 0 Å². The highest BCUT2D eigenvalue weighted by atomic mass is 19.1. The predicted octanol–water partition coefficient (Wildman–Crippen LogP) is 1.38. The zero-order chi connectivity index (χ0) is 13.3.